The number of hydrogen-bond acceptors (Lipinski definition) is 4. The van der Waals surface area contributed by atoms with E-state index in [1.165, 1.54) is 12.1 Å². The number of carbonyl (C=O) groups is 1. The Hall–Kier alpha value is -3.03. The molecule has 0 bridgehead atoms. The second-order valence-corrected chi connectivity index (χ2v) is 5.68. The van der Waals surface area contributed by atoms with Crippen molar-refractivity contribution >= 4 is 17.4 Å². The van der Waals surface area contributed by atoms with Crippen molar-refractivity contribution in [2.75, 3.05) is 11.9 Å². The van der Waals surface area contributed by atoms with Gasteiger partial charge in [-0.25, -0.2) is 0 Å². The van der Waals surface area contributed by atoms with Crippen LogP contribution in [0.4, 0.5) is 18.9 Å². The van der Waals surface area contributed by atoms with Crippen LogP contribution < -0.4 is 5.32 Å². The molecule has 2 aromatic rings. The van der Waals surface area contributed by atoms with E-state index < -0.39 is 17.7 Å². The summed E-state index contributed by atoms with van der Waals surface area (Å²) in [5, 5.41) is 15.5. The highest BCUT2D eigenvalue weighted by atomic mass is 19.4. The molecule has 0 aliphatic carbocycles. The zero-order chi connectivity index (χ0) is 19.9. The molecule has 0 unspecified atom stereocenters. The highest BCUT2D eigenvalue weighted by molar-refractivity contribution is 6.00. The van der Waals surface area contributed by atoms with Crippen molar-refractivity contribution in [2.45, 2.75) is 26.1 Å². The number of nitrogens with zero attached hydrogens (tertiary/aromatic N) is 1. The summed E-state index contributed by atoms with van der Waals surface area (Å²) in [6.45, 7) is 1.78. The molecule has 0 saturated heterocycles. The molecule has 0 amide bonds. The molecule has 27 heavy (non-hydrogen) atoms. The van der Waals surface area contributed by atoms with Gasteiger partial charge in [-0.05, 0) is 41.8 Å². The molecule has 5 nitrogen and oxygen atoms in total. The third-order valence-electron chi connectivity index (χ3n) is 3.68. The Labute approximate surface area is 154 Å². The van der Waals surface area contributed by atoms with Crippen LogP contribution in [-0.2, 0) is 22.4 Å². The second kappa shape index (κ2) is 9.07. The number of nitrogens with one attached hydrogen (secondary N) is 1. The molecule has 2 N–H and O–H groups in total. The summed E-state index contributed by atoms with van der Waals surface area (Å²) in [4.78, 5) is 15.8. The van der Waals surface area contributed by atoms with Gasteiger partial charge in [0.2, 0.25) is 0 Å². The van der Waals surface area contributed by atoms with E-state index in [2.05, 4.69) is 10.5 Å². The maximum absolute atomic E-state index is 12.5. The third-order valence-corrected chi connectivity index (χ3v) is 3.68. The Morgan fingerprint density at radius 1 is 1.11 bits per heavy atom. The van der Waals surface area contributed by atoms with Crippen LogP contribution in [0, 0.1) is 0 Å². The Kier molecular flexibility index (Phi) is 6.81. The van der Waals surface area contributed by atoms with E-state index >= 15 is 0 Å². The zero-order valence-corrected chi connectivity index (χ0v) is 14.6. The number of aliphatic carboxylic acids is 1. The first-order valence-electron chi connectivity index (χ1n) is 8.20. The smallest absolute Gasteiger partial charge is 0.416 e. The summed E-state index contributed by atoms with van der Waals surface area (Å²) in [6, 6.07) is 11.8. The third kappa shape index (κ3) is 6.32. The van der Waals surface area contributed by atoms with Gasteiger partial charge in [0.15, 0.2) is 0 Å². The van der Waals surface area contributed by atoms with Crippen LogP contribution >= 0.6 is 0 Å². The minimum atomic E-state index is -4.36. The molecule has 0 aromatic heterocycles. The van der Waals surface area contributed by atoms with Gasteiger partial charge in [0.25, 0.3) is 0 Å². The molecule has 0 heterocycles. The van der Waals surface area contributed by atoms with E-state index in [0.717, 1.165) is 17.7 Å². The van der Waals surface area contributed by atoms with Crippen LogP contribution in [0.1, 0.15) is 30.0 Å². The van der Waals surface area contributed by atoms with E-state index in [4.69, 9.17) is 9.94 Å². The fourth-order valence-electron chi connectivity index (χ4n) is 2.25. The molecule has 0 spiro atoms. The minimum absolute atomic E-state index is 0.0554. The van der Waals surface area contributed by atoms with Crippen molar-refractivity contribution in [2.24, 2.45) is 5.16 Å². The van der Waals surface area contributed by atoms with Crippen LogP contribution in [0.5, 0.6) is 0 Å². The van der Waals surface area contributed by atoms with Crippen molar-refractivity contribution in [1.82, 2.24) is 0 Å². The van der Waals surface area contributed by atoms with Gasteiger partial charge in [-0.1, -0.05) is 36.3 Å². The monoisotopic (exact) mass is 380 g/mol. The Morgan fingerprint density at radius 2 is 1.74 bits per heavy atom. The van der Waals surface area contributed by atoms with Gasteiger partial charge in [0, 0.05) is 5.69 Å². The van der Waals surface area contributed by atoms with Gasteiger partial charge >= 0.3 is 12.1 Å². The molecular formula is C19H19F3N2O3. The van der Waals surface area contributed by atoms with E-state index in [0.29, 0.717) is 23.4 Å². The number of oxime groups is 1. The number of halogens is 3. The lowest BCUT2D eigenvalue weighted by Gasteiger charge is -2.08. The highest BCUT2D eigenvalue weighted by Gasteiger charge is 2.29. The number of rotatable bonds is 8. The molecule has 2 aromatic carbocycles. The van der Waals surface area contributed by atoms with Crippen LogP contribution in [0.15, 0.2) is 53.7 Å². The Bertz CT molecular complexity index is 785. The highest BCUT2D eigenvalue weighted by Crippen LogP contribution is 2.29. The summed E-state index contributed by atoms with van der Waals surface area (Å²) in [5.41, 5.74) is 2.02. The summed E-state index contributed by atoms with van der Waals surface area (Å²) in [6.07, 6.45) is -3.77. The maximum Gasteiger partial charge on any atom is 0.416 e. The van der Waals surface area contributed by atoms with Crippen LogP contribution in [0.2, 0.25) is 0 Å². The van der Waals surface area contributed by atoms with Crippen molar-refractivity contribution in [3.05, 3.63) is 65.2 Å². The zero-order valence-electron chi connectivity index (χ0n) is 14.6. The number of benzene rings is 2. The molecule has 0 atom stereocenters. The molecule has 0 aliphatic heterocycles. The number of alkyl halides is 3. The minimum Gasteiger partial charge on any atom is -0.480 e. The fraction of sp³-hybridized carbons (Fsp3) is 0.263. The molecule has 0 fully saturated rings. The SMILES string of the molecule is CC/C(=N\OCc1ccc(C(F)(F)F)cc1)c1ccc(NCC(=O)O)cc1. The molecule has 2 rings (SSSR count). The fourth-order valence-corrected chi connectivity index (χ4v) is 2.25. The van der Waals surface area contributed by atoms with E-state index in [1.807, 2.05) is 6.92 Å². The second-order valence-electron chi connectivity index (χ2n) is 5.68. The van der Waals surface area contributed by atoms with E-state index in [-0.39, 0.29) is 13.2 Å². The van der Waals surface area contributed by atoms with Crippen LogP contribution in [0.25, 0.3) is 0 Å². The van der Waals surface area contributed by atoms with Crippen molar-refractivity contribution in [3.8, 4) is 0 Å². The Balaban J connectivity index is 1.96. The topological polar surface area (TPSA) is 70.9 Å². The Morgan fingerprint density at radius 3 is 2.26 bits per heavy atom. The maximum atomic E-state index is 12.5. The average Bonchev–Trinajstić information content (AvgIpc) is 2.64. The normalized spacial score (nSPS) is 11.9. The lowest BCUT2D eigenvalue weighted by molar-refractivity contribution is -0.137. The van der Waals surface area contributed by atoms with Gasteiger partial charge in [0.05, 0.1) is 11.3 Å². The summed E-state index contributed by atoms with van der Waals surface area (Å²) in [7, 11) is 0. The van der Waals surface area contributed by atoms with Gasteiger partial charge in [-0.15, -0.1) is 0 Å². The van der Waals surface area contributed by atoms with Gasteiger partial charge < -0.3 is 15.3 Å². The van der Waals surface area contributed by atoms with Crippen LogP contribution in [0.3, 0.4) is 0 Å². The molecular weight excluding hydrogens is 361 g/mol. The van der Waals surface area contributed by atoms with Gasteiger partial charge in [0.1, 0.15) is 13.2 Å². The summed E-state index contributed by atoms with van der Waals surface area (Å²) in [5.74, 6) is -0.952. The first-order valence-corrected chi connectivity index (χ1v) is 8.20. The predicted molar refractivity (Wildman–Crippen MR) is 95.6 cm³/mol. The van der Waals surface area contributed by atoms with E-state index in [9.17, 15) is 18.0 Å². The first kappa shape index (κ1) is 20.3. The lowest BCUT2D eigenvalue weighted by Crippen LogP contribution is -2.12. The summed E-state index contributed by atoms with van der Waals surface area (Å²) >= 11 is 0. The standard InChI is InChI=1S/C19H19F3N2O3/c1-2-17(14-5-9-16(10-6-14)23-11-18(25)26)24-27-12-13-3-7-15(8-4-13)19(20,21)22/h3-10,23H,2,11-12H2,1H3,(H,25,26)/b24-17+. The first-order chi connectivity index (χ1) is 12.8. The largest absolute Gasteiger partial charge is 0.480 e. The predicted octanol–water partition coefficient (Wildman–Crippen LogP) is 4.53. The molecule has 8 heteroatoms. The van der Waals surface area contributed by atoms with Gasteiger partial charge in [-0.2, -0.15) is 13.2 Å². The van der Waals surface area contributed by atoms with Gasteiger partial charge in [-0.3, -0.25) is 4.79 Å². The van der Waals surface area contributed by atoms with Crippen molar-refractivity contribution < 1.29 is 27.9 Å². The molecule has 144 valence electrons. The number of anilines is 1. The molecule has 0 radical (unpaired) electrons. The van der Waals surface area contributed by atoms with Crippen molar-refractivity contribution in [1.29, 1.82) is 0 Å². The molecule has 0 saturated carbocycles. The lowest BCUT2D eigenvalue weighted by atomic mass is 10.1. The summed E-state index contributed by atoms with van der Waals surface area (Å²) < 4.78 is 37.6. The van der Waals surface area contributed by atoms with Crippen molar-refractivity contribution in [3.63, 3.8) is 0 Å². The number of carboxylic acids is 1. The number of hydrogen-bond donors (Lipinski definition) is 2. The average molecular weight is 380 g/mol. The number of carboxylic acid groups (broad SMARTS) is 1. The quantitative estimate of drug-likeness (QED) is 0.521. The van der Waals surface area contributed by atoms with E-state index in [1.54, 1.807) is 24.3 Å². The van der Waals surface area contributed by atoms with Crippen LogP contribution in [-0.4, -0.2) is 23.3 Å². The molecule has 0 aliphatic rings.